The Balaban J connectivity index is 1.73. The molecule has 1 aliphatic rings. The lowest BCUT2D eigenvalue weighted by atomic mass is 10.1. The Bertz CT molecular complexity index is 1140. The van der Waals surface area contributed by atoms with Crippen LogP contribution >= 0.6 is 45.2 Å². The summed E-state index contributed by atoms with van der Waals surface area (Å²) >= 11 is 4.01. The highest BCUT2D eigenvalue weighted by Gasteiger charge is 2.35. The van der Waals surface area contributed by atoms with E-state index in [4.69, 9.17) is 9.84 Å². The van der Waals surface area contributed by atoms with Crippen molar-refractivity contribution in [3.05, 3.63) is 60.4 Å². The molecular formula is C22H19I2N3O6. The molecule has 0 radical (unpaired) electrons. The van der Waals surface area contributed by atoms with Gasteiger partial charge in [-0.2, -0.15) is 0 Å². The van der Waals surface area contributed by atoms with Crippen molar-refractivity contribution in [2.75, 3.05) is 18.5 Å². The van der Waals surface area contributed by atoms with Crippen LogP contribution in [-0.4, -0.2) is 47.0 Å². The van der Waals surface area contributed by atoms with Crippen molar-refractivity contribution in [3.8, 4) is 5.75 Å². The first-order valence-electron chi connectivity index (χ1n) is 9.75. The maximum Gasteiger partial charge on any atom is 0.341 e. The van der Waals surface area contributed by atoms with E-state index in [2.05, 4.69) is 10.6 Å². The SMILES string of the molecule is CCc1ccccc1NC(=O)CN1C(=O)N/C(=C/c2cc(I)c(OCC(=O)O)c(I)c2)C1=O. The molecule has 172 valence electrons. The minimum atomic E-state index is -1.09. The second-order valence-electron chi connectivity index (χ2n) is 6.93. The minimum absolute atomic E-state index is 0.0348. The van der Waals surface area contributed by atoms with E-state index in [9.17, 15) is 19.2 Å². The van der Waals surface area contributed by atoms with Gasteiger partial charge < -0.3 is 20.5 Å². The first kappa shape index (κ1) is 25.0. The van der Waals surface area contributed by atoms with Gasteiger partial charge in [0.05, 0.1) is 7.14 Å². The first-order chi connectivity index (χ1) is 15.7. The molecule has 0 unspecified atom stereocenters. The number of rotatable bonds is 8. The molecule has 0 atom stereocenters. The van der Waals surface area contributed by atoms with Gasteiger partial charge in [0.2, 0.25) is 5.91 Å². The fourth-order valence-electron chi connectivity index (χ4n) is 3.10. The fourth-order valence-corrected chi connectivity index (χ4v) is 5.23. The zero-order chi connectivity index (χ0) is 24.1. The van der Waals surface area contributed by atoms with Crippen LogP contribution in [0.3, 0.4) is 0 Å². The third kappa shape index (κ3) is 6.22. The summed E-state index contributed by atoms with van der Waals surface area (Å²) in [6, 6.07) is 10.0. The second kappa shape index (κ2) is 11.0. The van der Waals surface area contributed by atoms with Crippen molar-refractivity contribution >= 4 is 80.8 Å². The van der Waals surface area contributed by atoms with E-state index in [0.29, 0.717) is 24.1 Å². The Morgan fingerprint density at radius 2 is 1.85 bits per heavy atom. The number of aliphatic carboxylic acids is 1. The third-order valence-electron chi connectivity index (χ3n) is 4.61. The fraction of sp³-hybridized carbons (Fsp3) is 0.182. The molecule has 1 fully saturated rings. The van der Waals surface area contributed by atoms with E-state index in [1.165, 1.54) is 6.08 Å². The van der Waals surface area contributed by atoms with Crippen molar-refractivity contribution in [2.45, 2.75) is 13.3 Å². The minimum Gasteiger partial charge on any atom is -0.480 e. The highest BCUT2D eigenvalue weighted by molar-refractivity contribution is 14.1. The number of para-hydroxylation sites is 1. The van der Waals surface area contributed by atoms with E-state index in [0.717, 1.165) is 16.9 Å². The van der Waals surface area contributed by atoms with E-state index >= 15 is 0 Å². The Hall–Kier alpha value is -2.68. The summed E-state index contributed by atoms with van der Waals surface area (Å²) in [6.07, 6.45) is 2.22. The summed E-state index contributed by atoms with van der Waals surface area (Å²) in [7, 11) is 0. The number of nitrogens with zero attached hydrogens (tertiary/aromatic N) is 1. The van der Waals surface area contributed by atoms with Crippen LogP contribution in [0.5, 0.6) is 5.75 Å². The Morgan fingerprint density at radius 1 is 1.18 bits per heavy atom. The second-order valence-corrected chi connectivity index (χ2v) is 9.26. The number of imide groups is 1. The number of ether oxygens (including phenoxy) is 1. The van der Waals surface area contributed by atoms with Crippen LogP contribution in [0.25, 0.3) is 6.08 Å². The lowest BCUT2D eigenvalue weighted by Gasteiger charge is -2.13. The van der Waals surface area contributed by atoms with Crippen LogP contribution in [0.4, 0.5) is 10.5 Å². The van der Waals surface area contributed by atoms with Gasteiger partial charge in [0.1, 0.15) is 18.0 Å². The van der Waals surface area contributed by atoms with Gasteiger partial charge in [-0.15, -0.1) is 0 Å². The molecule has 0 bridgehead atoms. The molecule has 3 N–H and O–H groups in total. The van der Waals surface area contributed by atoms with Crippen LogP contribution in [0, 0.1) is 7.14 Å². The molecule has 0 spiro atoms. The van der Waals surface area contributed by atoms with E-state index in [1.54, 1.807) is 24.3 Å². The molecular weight excluding hydrogens is 656 g/mol. The first-order valence-corrected chi connectivity index (χ1v) is 11.9. The van der Waals surface area contributed by atoms with Gasteiger partial charge in [0, 0.05) is 5.69 Å². The highest BCUT2D eigenvalue weighted by atomic mass is 127. The van der Waals surface area contributed by atoms with Gasteiger partial charge in [-0.05, 0) is 87.0 Å². The molecule has 33 heavy (non-hydrogen) atoms. The van der Waals surface area contributed by atoms with Crippen LogP contribution in [0.15, 0.2) is 42.1 Å². The average Bonchev–Trinajstić information content (AvgIpc) is 3.00. The summed E-state index contributed by atoms with van der Waals surface area (Å²) in [5.74, 6) is -1.76. The summed E-state index contributed by atoms with van der Waals surface area (Å²) in [5, 5.41) is 14.0. The van der Waals surface area contributed by atoms with E-state index in [1.807, 2.05) is 64.2 Å². The average molecular weight is 675 g/mol. The van der Waals surface area contributed by atoms with Gasteiger partial charge in [-0.1, -0.05) is 25.1 Å². The van der Waals surface area contributed by atoms with Crippen LogP contribution in [-0.2, 0) is 20.8 Å². The third-order valence-corrected chi connectivity index (χ3v) is 6.21. The topological polar surface area (TPSA) is 125 Å². The number of carbonyl (C=O) groups excluding carboxylic acids is 3. The summed E-state index contributed by atoms with van der Waals surface area (Å²) in [4.78, 5) is 49.1. The molecule has 9 nitrogen and oxygen atoms in total. The maximum atomic E-state index is 12.7. The van der Waals surface area contributed by atoms with Crippen molar-refractivity contribution < 1.29 is 29.0 Å². The number of hydrogen-bond donors (Lipinski definition) is 3. The van der Waals surface area contributed by atoms with Gasteiger partial charge in [0.15, 0.2) is 6.61 Å². The monoisotopic (exact) mass is 675 g/mol. The number of halogens is 2. The van der Waals surface area contributed by atoms with Crippen molar-refractivity contribution in [1.29, 1.82) is 0 Å². The standard InChI is InChI=1S/C22H19I2N3O6/c1-2-13-5-3-4-6-16(13)25-18(28)10-27-21(31)17(26-22(27)32)9-12-7-14(23)20(15(24)8-12)33-11-19(29)30/h3-9H,2,10-11H2,1H3,(H,25,28)(H,26,32)(H,29,30)/b17-9+. The molecule has 2 aromatic carbocycles. The highest BCUT2D eigenvalue weighted by Crippen LogP contribution is 2.30. The number of benzene rings is 2. The van der Waals surface area contributed by atoms with E-state index < -0.39 is 37.0 Å². The number of nitrogens with one attached hydrogen (secondary N) is 2. The van der Waals surface area contributed by atoms with Gasteiger partial charge in [-0.25, -0.2) is 14.5 Å². The van der Waals surface area contributed by atoms with Crippen molar-refractivity contribution in [3.63, 3.8) is 0 Å². The Kier molecular flexibility index (Phi) is 8.29. The Labute approximate surface area is 216 Å². The molecule has 3 rings (SSSR count). The molecule has 4 amide bonds. The number of carbonyl (C=O) groups is 4. The number of amides is 4. The molecule has 1 heterocycles. The summed E-state index contributed by atoms with van der Waals surface area (Å²) in [5.41, 5.74) is 2.23. The molecule has 11 heteroatoms. The lowest BCUT2D eigenvalue weighted by molar-refractivity contribution is -0.139. The zero-order valence-corrected chi connectivity index (χ0v) is 21.7. The van der Waals surface area contributed by atoms with Crippen LogP contribution in [0.1, 0.15) is 18.1 Å². The van der Waals surface area contributed by atoms with Gasteiger partial charge >= 0.3 is 12.0 Å². The lowest BCUT2D eigenvalue weighted by Crippen LogP contribution is -2.38. The van der Waals surface area contributed by atoms with Crippen molar-refractivity contribution in [2.24, 2.45) is 0 Å². The van der Waals surface area contributed by atoms with Gasteiger partial charge in [-0.3, -0.25) is 9.59 Å². The van der Waals surface area contributed by atoms with Crippen LogP contribution in [0.2, 0.25) is 0 Å². The molecule has 1 saturated heterocycles. The normalized spacial score (nSPS) is 14.4. The van der Waals surface area contributed by atoms with Crippen LogP contribution < -0.4 is 15.4 Å². The predicted molar refractivity (Wildman–Crippen MR) is 138 cm³/mol. The largest absolute Gasteiger partial charge is 0.480 e. The zero-order valence-electron chi connectivity index (χ0n) is 17.4. The number of hydrogen-bond acceptors (Lipinski definition) is 5. The molecule has 2 aromatic rings. The molecule has 0 saturated carbocycles. The number of carboxylic acid groups (broad SMARTS) is 1. The summed E-state index contributed by atoms with van der Waals surface area (Å²) in [6.45, 7) is 1.07. The molecule has 0 aliphatic carbocycles. The number of carboxylic acids is 1. The molecule has 0 aromatic heterocycles. The number of anilines is 1. The number of aryl methyl sites for hydroxylation is 1. The summed E-state index contributed by atoms with van der Waals surface area (Å²) < 4.78 is 6.59. The molecule has 1 aliphatic heterocycles. The Morgan fingerprint density at radius 3 is 2.48 bits per heavy atom. The maximum absolute atomic E-state index is 12.7. The van der Waals surface area contributed by atoms with Crippen molar-refractivity contribution in [1.82, 2.24) is 10.2 Å². The smallest absolute Gasteiger partial charge is 0.341 e. The van der Waals surface area contributed by atoms with Gasteiger partial charge in [0.25, 0.3) is 5.91 Å². The number of urea groups is 1. The quantitative estimate of drug-likeness (QED) is 0.224. The van der Waals surface area contributed by atoms with E-state index in [-0.39, 0.29) is 5.70 Å². The predicted octanol–water partition coefficient (Wildman–Crippen LogP) is 3.45.